The first-order valence-electron chi connectivity index (χ1n) is 12.2. The van der Waals surface area contributed by atoms with Crippen LogP contribution in [0.5, 0.6) is 0 Å². The average molecular weight is 478 g/mol. The Balaban J connectivity index is 1.55. The number of nitrogens with zero attached hydrogens (tertiary/aromatic N) is 1. The Morgan fingerprint density at radius 1 is 1.09 bits per heavy atom. The van der Waals surface area contributed by atoms with Crippen LogP contribution in [0.4, 0.5) is 5.69 Å². The second-order valence-electron chi connectivity index (χ2n) is 9.93. The van der Waals surface area contributed by atoms with Gasteiger partial charge in [0, 0.05) is 11.7 Å². The molecule has 3 aliphatic heterocycles. The van der Waals surface area contributed by atoms with Gasteiger partial charge in [-0.25, -0.2) is 0 Å². The van der Waals surface area contributed by atoms with E-state index in [1.165, 1.54) is 4.90 Å². The van der Waals surface area contributed by atoms with Crippen LogP contribution in [-0.4, -0.2) is 58.1 Å². The minimum absolute atomic E-state index is 0.144. The number of carbonyl (C=O) groups excluding carboxylic acids is 3. The van der Waals surface area contributed by atoms with E-state index >= 15 is 0 Å². The zero-order valence-electron chi connectivity index (χ0n) is 19.9. The molecule has 6 atom stereocenters. The maximum absolute atomic E-state index is 14.1. The highest BCUT2D eigenvalue weighted by molar-refractivity contribution is 6.02. The monoisotopic (exact) mass is 477 g/mol. The molecule has 5 rings (SSSR count). The number of para-hydroxylation sites is 1. The number of amides is 3. The van der Waals surface area contributed by atoms with Crippen LogP contribution in [0.25, 0.3) is 0 Å². The number of ether oxygens (including phenoxy) is 1. The first-order chi connectivity index (χ1) is 16.9. The summed E-state index contributed by atoms with van der Waals surface area (Å²) in [7, 11) is 0. The Bertz CT molecular complexity index is 1110. The number of rotatable bonds is 7. The summed E-state index contributed by atoms with van der Waals surface area (Å²) in [6.07, 6.45) is 0.655. The average Bonchev–Trinajstić information content (AvgIpc) is 3.48. The molecule has 0 radical (unpaired) electrons. The summed E-state index contributed by atoms with van der Waals surface area (Å²) in [6, 6.07) is 16.5. The molecule has 184 valence electrons. The second-order valence-corrected chi connectivity index (χ2v) is 9.93. The highest BCUT2D eigenvalue weighted by Crippen LogP contribution is 2.59. The normalized spacial score (nSPS) is 29.8. The number of aliphatic hydroxyl groups is 1. The smallest absolute Gasteiger partial charge is 0.246 e. The van der Waals surface area contributed by atoms with Gasteiger partial charge in [-0.3, -0.25) is 14.4 Å². The zero-order valence-corrected chi connectivity index (χ0v) is 19.9. The highest BCUT2D eigenvalue weighted by Gasteiger charge is 2.75. The van der Waals surface area contributed by atoms with Crippen LogP contribution < -0.4 is 10.6 Å². The lowest BCUT2D eigenvalue weighted by atomic mass is 9.70. The summed E-state index contributed by atoms with van der Waals surface area (Å²) in [5, 5.41) is 16.3. The standard InChI is InChI=1S/C27H31N3O5/c1-16(2)28-25(33)23-27-14-13-20(35-27)21(24(32)29-18-11-7-4-8-12-18)22(27)26(34)30(23)19(15-31)17-9-5-3-6-10-17/h3-12,16,19-23,31H,13-15H2,1-2H3,(H,28,33)(H,29,32)/t19-,20-,21+,22+,23?,27?/m1/s1. The molecule has 0 aliphatic carbocycles. The van der Waals surface area contributed by atoms with E-state index < -0.39 is 35.6 Å². The molecule has 1 spiro atoms. The van der Waals surface area contributed by atoms with Crippen LogP contribution in [0, 0.1) is 11.8 Å². The fourth-order valence-electron chi connectivity index (χ4n) is 6.17. The largest absolute Gasteiger partial charge is 0.394 e. The van der Waals surface area contributed by atoms with Crippen LogP contribution in [0.15, 0.2) is 60.7 Å². The maximum atomic E-state index is 14.1. The first kappa shape index (κ1) is 23.5. The molecule has 2 aromatic rings. The number of aliphatic hydroxyl groups excluding tert-OH is 1. The maximum Gasteiger partial charge on any atom is 0.246 e. The molecule has 3 saturated heterocycles. The van der Waals surface area contributed by atoms with Crippen molar-refractivity contribution in [1.29, 1.82) is 0 Å². The molecule has 3 N–H and O–H groups in total. The van der Waals surface area contributed by atoms with Crippen molar-refractivity contribution in [2.45, 2.75) is 56.5 Å². The Labute approximate surface area is 204 Å². The molecule has 0 aromatic heterocycles. The molecule has 2 unspecified atom stereocenters. The van der Waals surface area contributed by atoms with Crippen molar-refractivity contribution in [2.75, 3.05) is 11.9 Å². The number of carbonyl (C=O) groups is 3. The summed E-state index contributed by atoms with van der Waals surface area (Å²) in [4.78, 5) is 42.6. The Morgan fingerprint density at radius 3 is 2.37 bits per heavy atom. The van der Waals surface area contributed by atoms with E-state index in [0.29, 0.717) is 18.5 Å². The van der Waals surface area contributed by atoms with Crippen molar-refractivity contribution < 1.29 is 24.2 Å². The van der Waals surface area contributed by atoms with Gasteiger partial charge < -0.3 is 25.4 Å². The van der Waals surface area contributed by atoms with Gasteiger partial charge in [-0.15, -0.1) is 0 Å². The fraction of sp³-hybridized carbons (Fsp3) is 0.444. The van der Waals surface area contributed by atoms with Crippen LogP contribution >= 0.6 is 0 Å². The summed E-state index contributed by atoms with van der Waals surface area (Å²) < 4.78 is 6.44. The predicted molar refractivity (Wildman–Crippen MR) is 129 cm³/mol. The number of hydrogen-bond donors (Lipinski definition) is 3. The zero-order chi connectivity index (χ0) is 24.7. The lowest BCUT2D eigenvalue weighted by Crippen LogP contribution is -2.57. The minimum Gasteiger partial charge on any atom is -0.394 e. The van der Waals surface area contributed by atoms with Crippen LogP contribution in [-0.2, 0) is 19.1 Å². The highest BCUT2D eigenvalue weighted by atomic mass is 16.5. The van der Waals surface area contributed by atoms with Gasteiger partial charge in [-0.05, 0) is 44.4 Å². The van der Waals surface area contributed by atoms with E-state index in [-0.39, 0.29) is 30.4 Å². The minimum atomic E-state index is -1.11. The van der Waals surface area contributed by atoms with Crippen molar-refractivity contribution >= 4 is 23.4 Å². The molecule has 3 aliphatic rings. The van der Waals surface area contributed by atoms with E-state index in [2.05, 4.69) is 10.6 Å². The van der Waals surface area contributed by atoms with Crippen LogP contribution in [0.2, 0.25) is 0 Å². The molecule has 3 fully saturated rings. The summed E-state index contributed by atoms with van der Waals surface area (Å²) in [6.45, 7) is 3.37. The molecule has 8 nitrogen and oxygen atoms in total. The molecule has 0 saturated carbocycles. The van der Waals surface area contributed by atoms with Crippen LogP contribution in [0.3, 0.4) is 0 Å². The van der Waals surface area contributed by atoms with Gasteiger partial charge in [0.2, 0.25) is 17.7 Å². The number of anilines is 1. The Hall–Kier alpha value is -3.23. The molecule has 2 aromatic carbocycles. The van der Waals surface area contributed by atoms with Gasteiger partial charge in [0.15, 0.2) is 0 Å². The first-order valence-corrected chi connectivity index (χ1v) is 12.2. The van der Waals surface area contributed by atoms with Gasteiger partial charge in [-0.1, -0.05) is 48.5 Å². The number of fused-ring (bicyclic) bond motifs is 1. The number of likely N-dealkylation sites (tertiary alicyclic amines) is 1. The van der Waals surface area contributed by atoms with E-state index in [1.54, 1.807) is 12.1 Å². The van der Waals surface area contributed by atoms with Gasteiger partial charge in [-0.2, -0.15) is 0 Å². The van der Waals surface area contributed by atoms with Crippen molar-refractivity contribution in [1.82, 2.24) is 10.2 Å². The number of hydrogen-bond acceptors (Lipinski definition) is 5. The van der Waals surface area contributed by atoms with Gasteiger partial charge in [0.1, 0.15) is 11.6 Å². The lowest BCUT2D eigenvalue weighted by molar-refractivity contribution is -0.145. The number of nitrogens with one attached hydrogen (secondary N) is 2. The van der Waals surface area contributed by atoms with E-state index in [0.717, 1.165) is 5.56 Å². The van der Waals surface area contributed by atoms with E-state index in [9.17, 15) is 19.5 Å². The number of benzene rings is 2. The third kappa shape index (κ3) is 3.81. The molecule has 35 heavy (non-hydrogen) atoms. The van der Waals surface area contributed by atoms with E-state index in [4.69, 9.17) is 4.74 Å². The molecule has 3 heterocycles. The molecule has 2 bridgehead atoms. The molecule has 3 amide bonds. The van der Waals surface area contributed by atoms with Crippen LogP contribution in [0.1, 0.15) is 38.3 Å². The molecular weight excluding hydrogens is 446 g/mol. The second kappa shape index (κ2) is 9.09. The van der Waals surface area contributed by atoms with Gasteiger partial charge in [0.05, 0.1) is 30.6 Å². The topological polar surface area (TPSA) is 108 Å². The Kier molecular flexibility index (Phi) is 6.11. The van der Waals surface area contributed by atoms with Crippen molar-refractivity contribution in [3.63, 3.8) is 0 Å². The Morgan fingerprint density at radius 2 is 1.74 bits per heavy atom. The SMILES string of the molecule is CC(C)NC(=O)C1N([C@H](CO)c2ccccc2)C(=O)[C@@H]2[C@@H](C(=O)Nc3ccccc3)[C@H]3CCC12O3. The van der Waals surface area contributed by atoms with Gasteiger partial charge in [0.25, 0.3) is 0 Å². The van der Waals surface area contributed by atoms with Crippen molar-refractivity contribution in [2.24, 2.45) is 11.8 Å². The lowest BCUT2D eigenvalue weighted by Gasteiger charge is -2.37. The quantitative estimate of drug-likeness (QED) is 0.567. The summed E-state index contributed by atoms with van der Waals surface area (Å²) >= 11 is 0. The summed E-state index contributed by atoms with van der Waals surface area (Å²) in [5.74, 6) is -2.45. The summed E-state index contributed by atoms with van der Waals surface area (Å²) in [5.41, 5.74) is 0.256. The van der Waals surface area contributed by atoms with Gasteiger partial charge >= 0.3 is 0 Å². The molecular formula is C27H31N3O5. The van der Waals surface area contributed by atoms with Crippen molar-refractivity contribution in [3.05, 3.63) is 66.2 Å². The predicted octanol–water partition coefficient (Wildman–Crippen LogP) is 2.26. The van der Waals surface area contributed by atoms with E-state index in [1.807, 2.05) is 62.4 Å². The fourth-order valence-corrected chi connectivity index (χ4v) is 6.17. The van der Waals surface area contributed by atoms with Crippen molar-refractivity contribution in [3.8, 4) is 0 Å². The molecule has 8 heteroatoms. The third-order valence-corrected chi connectivity index (χ3v) is 7.45. The third-order valence-electron chi connectivity index (χ3n) is 7.45.